The Morgan fingerprint density at radius 3 is 2.55 bits per heavy atom. The Morgan fingerprint density at radius 1 is 1.55 bits per heavy atom. The fourth-order valence-corrected chi connectivity index (χ4v) is 3.87. The molecule has 0 aromatic heterocycles. The van der Waals surface area contributed by atoms with E-state index in [1.807, 2.05) is 0 Å². The Labute approximate surface area is 126 Å². The molecule has 22 heavy (non-hydrogen) atoms. The second-order valence-electron chi connectivity index (χ2n) is 6.53. The van der Waals surface area contributed by atoms with E-state index in [9.17, 15) is 24.5 Å². The third-order valence-corrected chi connectivity index (χ3v) is 5.35. The predicted molar refractivity (Wildman–Crippen MR) is 68.9 cm³/mol. The lowest BCUT2D eigenvalue weighted by Crippen LogP contribution is -2.58. The largest absolute Gasteiger partial charge is 0.421 e. The first-order valence-corrected chi connectivity index (χ1v) is 7.33. The molecule has 3 rings (SSSR count). The minimum Gasteiger partial charge on any atom is -0.390 e. The first-order valence-electron chi connectivity index (χ1n) is 7.33. The molecule has 2 saturated heterocycles. The summed E-state index contributed by atoms with van der Waals surface area (Å²) in [5.74, 6) is 0. The van der Waals surface area contributed by atoms with Crippen molar-refractivity contribution >= 4 is 6.03 Å². The number of carbonyl (C=O) groups is 1. The molecular formula is C13H21F2N2O5+. The van der Waals surface area contributed by atoms with E-state index in [2.05, 4.69) is 5.32 Å². The SMILES string of the molecule is CC[N+]1(C(=O)N[C@@H](C)O)C[C@]12OC1(C[C@@H]1O)[C@@H](O)C2(F)CF. The van der Waals surface area contributed by atoms with Crippen LogP contribution in [0.25, 0.3) is 0 Å². The number of carbonyl (C=O) groups excluding carboxylic acids is 1. The molecule has 3 aliphatic rings. The lowest BCUT2D eigenvalue weighted by molar-refractivity contribution is -0.771. The summed E-state index contributed by atoms with van der Waals surface area (Å²) in [5.41, 5.74) is -6.19. The first kappa shape index (κ1) is 16.0. The van der Waals surface area contributed by atoms with Crippen LogP contribution in [0, 0.1) is 0 Å². The Morgan fingerprint density at radius 2 is 2.14 bits per heavy atom. The number of aliphatic hydroxyl groups excluding tert-OH is 3. The molecule has 2 amide bonds. The Bertz CT molecular complexity index is 523. The quantitative estimate of drug-likeness (QED) is 0.308. The predicted octanol–water partition coefficient (Wildman–Crippen LogP) is -0.847. The van der Waals surface area contributed by atoms with Crippen molar-refractivity contribution < 1.29 is 38.1 Å². The molecule has 7 nitrogen and oxygen atoms in total. The summed E-state index contributed by atoms with van der Waals surface area (Å²) in [4.78, 5) is 12.3. The highest BCUT2D eigenvalue weighted by Gasteiger charge is 2.96. The van der Waals surface area contributed by atoms with Gasteiger partial charge in [0.25, 0.3) is 5.67 Å². The van der Waals surface area contributed by atoms with Crippen molar-refractivity contribution in [2.75, 3.05) is 19.8 Å². The molecule has 9 heteroatoms. The molecule has 4 N–H and O–H groups in total. The van der Waals surface area contributed by atoms with Crippen LogP contribution in [-0.2, 0) is 4.74 Å². The topological polar surface area (TPSA) is 99.0 Å². The van der Waals surface area contributed by atoms with Crippen molar-refractivity contribution in [2.24, 2.45) is 0 Å². The number of hydrogen-bond acceptors (Lipinski definition) is 5. The number of aliphatic hydroxyl groups is 3. The molecule has 2 spiro atoms. The highest BCUT2D eigenvalue weighted by atomic mass is 19.2. The van der Waals surface area contributed by atoms with Gasteiger partial charge in [-0.25, -0.2) is 13.6 Å². The van der Waals surface area contributed by atoms with Crippen LogP contribution >= 0.6 is 0 Å². The average molecular weight is 323 g/mol. The summed E-state index contributed by atoms with van der Waals surface area (Å²) in [6.45, 7) is 1.36. The van der Waals surface area contributed by atoms with Crippen molar-refractivity contribution in [1.82, 2.24) is 5.32 Å². The van der Waals surface area contributed by atoms with E-state index in [0.717, 1.165) is 0 Å². The van der Waals surface area contributed by atoms with Crippen LogP contribution in [0.2, 0.25) is 0 Å². The van der Waals surface area contributed by atoms with Gasteiger partial charge < -0.3 is 20.1 Å². The van der Waals surface area contributed by atoms with Crippen LogP contribution in [0.1, 0.15) is 20.3 Å². The summed E-state index contributed by atoms with van der Waals surface area (Å²) in [7, 11) is 0. The van der Waals surface area contributed by atoms with Crippen LogP contribution in [0.5, 0.6) is 0 Å². The average Bonchev–Trinajstić information content (AvgIpc) is 3.30. The van der Waals surface area contributed by atoms with E-state index in [1.165, 1.54) is 6.92 Å². The minimum absolute atomic E-state index is 0.00330. The van der Waals surface area contributed by atoms with Gasteiger partial charge in [-0.1, -0.05) is 0 Å². The van der Waals surface area contributed by atoms with E-state index in [0.29, 0.717) is 0 Å². The van der Waals surface area contributed by atoms with E-state index >= 15 is 4.39 Å². The second kappa shape index (κ2) is 4.35. The molecule has 3 fully saturated rings. The van der Waals surface area contributed by atoms with Gasteiger partial charge in [0.2, 0.25) is 0 Å². The zero-order valence-corrected chi connectivity index (χ0v) is 12.4. The summed E-state index contributed by atoms with van der Waals surface area (Å²) < 4.78 is 33.8. The summed E-state index contributed by atoms with van der Waals surface area (Å²) >= 11 is 0. The Hall–Kier alpha value is -0.870. The molecule has 0 aromatic rings. The lowest BCUT2D eigenvalue weighted by atomic mass is 9.92. The van der Waals surface area contributed by atoms with Gasteiger partial charge in [-0.2, -0.15) is 4.48 Å². The van der Waals surface area contributed by atoms with Gasteiger partial charge in [0.1, 0.15) is 24.6 Å². The molecule has 7 atom stereocenters. The van der Waals surface area contributed by atoms with Gasteiger partial charge in [-0.15, -0.1) is 0 Å². The van der Waals surface area contributed by atoms with Crippen LogP contribution in [0.15, 0.2) is 0 Å². The monoisotopic (exact) mass is 323 g/mol. The summed E-state index contributed by atoms with van der Waals surface area (Å²) in [6.07, 6.45) is -4.07. The Balaban J connectivity index is 1.98. The third kappa shape index (κ3) is 1.53. The highest BCUT2D eigenvalue weighted by Crippen LogP contribution is 2.67. The number of quaternary nitrogens is 1. The molecular weight excluding hydrogens is 302 g/mol. The zero-order valence-electron chi connectivity index (χ0n) is 12.4. The van der Waals surface area contributed by atoms with Gasteiger partial charge in [0.15, 0.2) is 6.54 Å². The second-order valence-corrected chi connectivity index (χ2v) is 6.53. The molecule has 126 valence electrons. The number of ether oxygens (including phenoxy) is 1. The normalized spacial score (nSPS) is 53.8. The van der Waals surface area contributed by atoms with Crippen molar-refractivity contribution in [1.29, 1.82) is 0 Å². The number of rotatable bonds is 3. The van der Waals surface area contributed by atoms with Crippen molar-refractivity contribution in [3.63, 3.8) is 0 Å². The smallest absolute Gasteiger partial charge is 0.390 e. The zero-order chi connectivity index (χ0) is 16.6. The molecule has 0 bridgehead atoms. The molecule has 2 aliphatic heterocycles. The van der Waals surface area contributed by atoms with Crippen LogP contribution in [0.4, 0.5) is 13.6 Å². The number of nitrogens with zero attached hydrogens (tertiary/aromatic N) is 1. The lowest BCUT2D eigenvalue weighted by Gasteiger charge is -2.27. The molecule has 0 aromatic carbocycles. The first-order chi connectivity index (χ1) is 10.2. The number of hydrogen-bond donors (Lipinski definition) is 4. The van der Waals surface area contributed by atoms with Crippen LogP contribution in [0.3, 0.4) is 0 Å². The van der Waals surface area contributed by atoms with E-state index in [4.69, 9.17) is 4.74 Å². The van der Waals surface area contributed by atoms with E-state index < -0.39 is 52.6 Å². The molecule has 1 saturated carbocycles. The molecule has 0 radical (unpaired) electrons. The molecule has 2 heterocycles. The van der Waals surface area contributed by atoms with Crippen molar-refractivity contribution in [3.8, 4) is 0 Å². The van der Waals surface area contributed by atoms with E-state index in [-0.39, 0.29) is 19.5 Å². The van der Waals surface area contributed by atoms with Crippen LogP contribution < -0.4 is 5.32 Å². The number of nitrogens with one attached hydrogen (secondary N) is 1. The summed E-state index contributed by atoms with van der Waals surface area (Å²) in [5, 5.41) is 31.4. The standard InChI is InChI=1S/C13H20F2N2O5/c1-3-17(10(21)16-7(2)18)6-13(17)12(15,5-14)9(20)11(22-13)4-8(11)19/h7-9,18-20H,3-6H2,1-2H3/p+1/t7-,8+,9-,11?,12?,13-,17?/m1/s1. The number of urea groups is 1. The van der Waals surface area contributed by atoms with Gasteiger partial charge in [-0.05, 0) is 13.8 Å². The van der Waals surface area contributed by atoms with Gasteiger partial charge in [-0.3, -0.25) is 5.32 Å². The highest BCUT2D eigenvalue weighted by molar-refractivity contribution is 5.70. The number of likely N-dealkylation sites (N-methyl/N-ethyl adjacent to an activating group) is 1. The minimum atomic E-state index is -2.78. The number of alkyl halides is 2. The maximum absolute atomic E-state index is 15.2. The van der Waals surface area contributed by atoms with Crippen molar-refractivity contribution in [3.05, 3.63) is 0 Å². The third-order valence-electron chi connectivity index (χ3n) is 5.35. The van der Waals surface area contributed by atoms with Crippen molar-refractivity contribution in [2.45, 2.75) is 55.7 Å². The maximum atomic E-state index is 15.2. The van der Waals surface area contributed by atoms with Gasteiger partial charge in [0.05, 0.1) is 12.6 Å². The molecule has 3 unspecified atom stereocenters. The number of amides is 2. The summed E-state index contributed by atoms with van der Waals surface area (Å²) in [6, 6.07) is -0.702. The van der Waals surface area contributed by atoms with Crippen LogP contribution in [-0.4, -0.2) is 81.0 Å². The fraction of sp³-hybridized carbons (Fsp3) is 0.923. The van der Waals surface area contributed by atoms with Gasteiger partial charge >= 0.3 is 11.8 Å². The maximum Gasteiger partial charge on any atom is 0.421 e. The fourth-order valence-electron chi connectivity index (χ4n) is 3.87. The Kier molecular flexibility index (Phi) is 3.17. The van der Waals surface area contributed by atoms with Gasteiger partial charge in [0, 0.05) is 6.42 Å². The number of halogens is 2. The van der Waals surface area contributed by atoms with E-state index in [1.54, 1.807) is 6.92 Å². The molecule has 1 aliphatic carbocycles.